The number of piperidine rings is 1. The van der Waals surface area contributed by atoms with E-state index in [1.807, 2.05) is 13.8 Å². The summed E-state index contributed by atoms with van der Waals surface area (Å²) < 4.78 is 0. The lowest BCUT2D eigenvalue weighted by Crippen LogP contribution is -2.51. The number of aliphatic carboxylic acids is 1. The van der Waals surface area contributed by atoms with Gasteiger partial charge < -0.3 is 15.7 Å². The van der Waals surface area contributed by atoms with Crippen molar-refractivity contribution < 1.29 is 14.7 Å². The van der Waals surface area contributed by atoms with Crippen LogP contribution < -0.4 is 5.73 Å². The van der Waals surface area contributed by atoms with Crippen molar-refractivity contribution in [1.29, 1.82) is 0 Å². The van der Waals surface area contributed by atoms with Crippen molar-refractivity contribution in [2.24, 2.45) is 11.7 Å². The lowest BCUT2D eigenvalue weighted by molar-refractivity contribution is -0.147. The maximum atomic E-state index is 12.0. The Morgan fingerprint density at radius 1 is 1.53 bits per heavy atom. The first-order valence-corrected chi connectivity index (χ1v) is 6.26. The van der Waals surface area contributed by atoms with Crippen molar-refractivity contribution in [3.8, 4) is 0 Å². The maximum absolute atomic E-state index is 12.0. The molecule has 0 saturated carbocycles. The predicted molar refractivity (Wildman–Crippen MR) is 64.4 cm³/mol. The molecule has 3 atom stereocenters. The van der Waals surface area contributed by atoms with Crippen LogP contribution >= 0.6 is 0 Å². The van der Waals surface area contributed by atoms with Crippen molar-refractivity contribution in [2.45, 2.75) is 51.6 Å². The van der Waals surface area contributed by atoms with Crippen molar-refractivity contribution in [2.75, 3.05) is 6.54 Å². The van der Waals surface area contributed by atoms with Gasteiger partial charge in [0.25, 0.3) is 0 Å². The van der Waals surface area contributed by atoms with Gasteiger partial charge in [0, 0.05) is 12.6 Å². The fourth-order valence-electron chi connectivity index (χ4n) is 2.37. The number of amides is 1. The average Bonchev–Trinajstić information content (AvgIpc) is 2.28. The third kappa shape index (κ3) is 3.43. The van der Waals surface area contributed by atoms with E-state index in [-0.39, 0.29) is 17.9 Å². The molecular formula is C12H22N2O3. The second kappa shape index (κ2) is 6.00. The third-order valence-electron chi connectivity index (χ3n) is 3.43. The number of carboxylic acid groups (broad SMARTS) is 1. The summed E-state index contributed by atoms with van der Waals surface area (Å²) in [5.41, 5.74) is 5.81. The molecule has 17 heavy (non-hydrogen) atoms. The van der Waals surface area contributed by atoms with Gasteiger partial charge in [0.15, 0.2) is 0 Å². The molecule has 1 aliphatic heterocycles. The molecule has 5 heteroatoms. The topological polar surface area (TPSA) is 83.6 Å². The Labute approximate surface area is 102 Å². The quantitative estimate of drug-likeness (QED) is 0.764. The molecule has 0 bridgehead atoms. The summed E-state index contributed by atoms with van der Waals surface area (Å²) in [7, 11) is 0. The third-order valence-corrected chi connectivity index (χ3v) is 3.43. The Morgan fingerprint density at radius 3 is 2.65 bits per heavy atom. The number of nitrogens with two attached hydrogens (primary N) is 1. The van der Waals surface area contributed by atoms with E-state index in [0.717, 1.165) is 6.42 Å². The van der Waals surface area contributed by atoms with E-state index in [9.17, 15) is 9.59 Å². The Morgan fingerprint density at radius 2 is 2.18 bits per heavy atom. The largest absolute Gasteiger partial charge is 0.481 e. The van der Waals surface area contributed by atoms with Crippen molar-refractivity contribution in [3.63, 3.8) is 0 Å². The standard InChI is InChI=1S/C12H22N2O3/c1-3-4-10(13)11(15)14-6-5-9(12(16)17)7-8(14)2/h8-10H,3-7,13H2,1-2H3,(H,16,17). The molecule has 98 valence electrons. The monoisotopic (exact) mass is 242 g/mol. The number of nitrogens with zero attached hydrogens (tertiary/aromatic N) is 1. The minimum atomic E-state index is -0.762. The van der Waals surface area contributed by atoms with Gasteiger partial charge in [-0.2, -0.15) is 0 Å². The lowest BCUT2D eigenvalue weighted by atomic mass is 9.91. The fraction of sp³-hybridized carbons (Fsp3) is 0.833. The summed E-state index contributed by atoms with van der Waals surface area (Å²) in [6.07, 6.45) is 2.63. The molecule has 0 radical (unpaired) electrons. The van der Waals surface area contributed by atoms with Gasteiger partial charge in [-0.15, -0.1) is 0 Å². The molecule has 0 aromatic heterocycles. The molecule has 3 N–H and O–H groups in total. The first-order chi connectivity index (χ1) is 7.97. The Balaban J connectivity index is 2.57. The molecule has 0 aromatic rings. The number of likely N-dealkylation sites (tertiary alicyclic amines) is 1. The predicted octanol–water partition coefficient (Wildman–Crippen LogP) is 0.826. The molecule has 1 aliphatic rings. The minimum Gasteiger partial charge on any atom is -0.481 e. The minimum absolute atomic E-state index is 0.0275. The summed E-state index contributed by atoms with van der Waals surface area (Å²) in [6, 6.07) is -0.468. The van der Waals surface area contributed by atoms with Gasteiger partial charge in [0.1, 0.15) is 0 Å². The molecule has 0 aliphatic carbocycles. The lowest BCUT2D eigenvalue weighted by Gasteiger charge is -2.37. The molecule has 0 spiro atoms. The van der Waals surface area contributed by atoms with Crippen LogP contribution in [0.15, 0.2) is 0 Å². The molecule has 1 heterocycles. The van der Waals surface area contributed by atoms with Gasteiger partial charge in [-0.05, 0) is 26.2 Å². The van der Waals surface area contributed by atoms with Crippen LogP contribution in [-0.2, 0) is 9.59 Å². The molecule has 5 nitrogen and oxygen atoms in total. The van der Waals surface area contributed by atoms with E-state index >= 15 is 0 Å². The first-order valence-electron chi connectivity index (χ1n) is 6.26. The van der Waals surface area contributed by atoms with Gasteiger partial charge in [-0.25, -0.2) is 0 Å². The SMILES string of the molecule is CCCC(N)C(=O)N1CCC(C(=O)O)CC1C. The highest BCUT2D eigenvalue weighted by Gasteiger charge is 2.33. The summed E-state index contributed by atoms with van der Waals surface area (Å²) in [5.74, 6) is -1.12. The van der Waals surface area contributed by atoms with E-state index in [1.165, 1.54) is 0 Å². The zero-order valence-corrected chi connectivity index (χ0v) is 10.6. The van der Waals surface area contributed by atoms with E-state index < -0.39 is 12.0 Å². The number of hydrogen-bond acceptors (Lipinski definition) is 3. The number of hydrogen-bond donors (Lipinski definition) is 2. The Hall–Kier alpha value is -1.10. The van der Waals surface area contributed by atoms with Gasteiger partial charge in [-0.3, -0.25) is 9.59 Å². The smallest absolute Gasteiger partial charge is 0.306 e. The molecular weight excluding hydrogens is 220 g/mol. The van der Waals surface area contributed by atoms with Crippen LogP contribution in [-0.4, -0.2) is 40.5 Å². The molecule has 1 saturated heterocycles. The van der Waals surface area contributed by atoms with Crippen LogP contribution in [0.4, 0.5) is 0 Å². The van der Waals surface area contributed by atoms with Crippen LogP contribution in [0.3, 0.4) is 0 Å². The van der Waals surface area contributed by atoms with Crippen LogP contribution in [0.25, 0.3) is 0 Å². The molecule has 0 aromatic carbocycles. The van der Waals surface area contributed by atoms with Crippen molar-refractivity contribution in [1.82, 2.24) is 4.90 Å². The summed E-state index contributed by atoms with van der Waals surface area (Å²) in [4.78, 5) is 24.6. The van der Waals surface area contributed by atoms with Crippen LogP contribution in [0.2, 0.25) is 0 Å². The number of carbonyl (C=O) groups is 2. The number of carboxylic acids is 1. The fourth-order valence-corrected chi connectivity index (χ4v) is 2.37. The van der Waals surface area contributed by atoms with E-state index in [1.54, 1.807) is 4.90 Å². The number of carbonyl (C=O) groups excluding carboxylic acids is 1. The van der Waals surface area contributed by atoms with Gasteiger partial charge in [-0.1, -0.05) is 13.3 Å². The van der Waals surface area contributed by atoms with E-state index in [2.05, 4.69) is 0 Å². The summed E-state index contributed by atoms with van der Waals surface area (Å²) in [6.45, 7) is 4.40. The Kier molecular flexibility index (Phi) is 4.93. The molecule has 3 unspecified atom stereocenters. The second-order valence-corrected chi connectivity index (χ2v) is 4.84. The van der Waals surface area contributed by atoms with Crippen molar-refractivity contribution >= 4 is 11.9 Å². The molecule has 1 rings (SSSR count). The summed E-state index contributed by atoms with van der Waals surface area (Å²) in [5, 5.41) is 8.95. The highest BCUT2D eigenvalue weighted by molar-refractivity contribution is 5.82. The highest BCUT2D eigenvalue weighted by atomic mass is 16.4. The molecule has 1 fully saturated rings. The van der Waals surface area contributed by atoms with Gasteiger partial charge >= 0.3 is 5.97 Å². The average molecular weight is 242 g/mol. The van der Waals surface area contributed by atoms with Crippen LogP contribution in [0.1, 0.15) is 39.5 Å². The van der Waals surface area contributed by atoms with E-state index in [0.29, 0.717) is 25.8 Å². The van der Waals surface area contributed by atoms with E-state index in [4.69, 9.17) is 10.8 Å². The van der Waals surface area contributed by atoms with Gasteiger partial charge in [0.05, 0.1) is 12.0 Å². The highest BCUT2D eigenvalue weighted by Crippen LogP contribution is 2.23. The molecule has 1 amide bonds. The second-order valence-electron chi connectivity index (χ2n) is 4.84. The maximum Gasteiger partial charge on any atom is 0.306 e. The van der Waals surface area contributed by atoms with Crippen LogP contribution in [0, 0.1) is 5.92 Å². The zero-order valence-electron chi connectivity index (χ0n) is 10.6. The normalized spacial score (nSPS) is 26.6. The summed E-state index contributed by atoms with van der Waals surface area (Å²) >= 11 is 0. The zero-order chi connectivity index (χ0) is 13.0. The first kappa shape index (κ1) is 14.0. The van der Waals surface area contributed by atoms with Gasteiger partial charge in [0.2, 0.25) is 5.91 Å². The number of rotatable bonds is 4. The van der Waals surface area contributed by atoms with Crippen LogP contribution in [0.5, 0.6) is 0 Å². The van der Waals surface area contributed by atoms with Crippen molar-refractivity contribution in [3.05, 3.63) is 0 Å². The Bertz CT molecular complexity index is 293.